The van der Waals surface area contributed by atoms with Gasteiger partial charge in [0, 0.05) is 18.5 Å². The maximum Gasteiger partial charge on any atom is 0.303 e. The molecule has 0 aliphatic rings. The third-order valence-corrected chi connectivity index (χ3v) is 2.48. The minimum atomic E-state index is -0.731. The first kappa shape index (κ1) is 12.7. The summed E-state index contributed by atoms with van der Waals surface area (Å²) in [6.45, 7) is 5.35. The Morgan fingerprint density at radius 1 is 1.44 bits per heavy atom. The summed E-state index contributed by atoms with van der Waals surface area (Å²) >= 11 is 0. The van der Waals surface area contributed by atoms with E-state index in [9.17, 15) is 4.79 Å². The Morgan fingerprint density at radius 3 is 2.75 bits per heavy atom. The number of aliphatic carboxylic acids is 1. The number of unbranched alkanes of at least 4 members (excludes halogenated alkanes) is 1. The zero-order valence-corrected chi connectivity index (χ0v) is 9.75. The first-order valence-corrected chi connectivity index (χ1v) is 5.45. The van der Waals surface area contributed by atoms with E-state index in [1.54, 1.807) is 0 Å². The minimum Gasteiger partial charge on any atom is -0.481 e. The lowest BCUT2D eigenvalue weighted by Gasteiger charge is -2.03. The van der Waals surface area contributed by atoms with Crippen LogP contribution in [0.1, 0.15) is 36.3 Å². The summed E-state index contributed by atoms with van der Waals surface area (Å²) in [6.07, 6.45) is 1.83. The maximum atomic E-state index is 10.3. The number of carboxylic acids is 1. The average molecular weight is 226 g/mol. The van der Waals surface area contributed by atoms with Crippen LogP contribution in [0.3, 0.4) is 0 Å². The topological polar surface area (TPSA) is 75.4 Å². The number of nitrogens with one attached hydrogen (secondary N) is 1. The van der Waals surface area contributed by atoms with Crippen molar-refractivity contribution in [2.75, 3.05) is 6.54 Å². The molecule has 1 heterocycles. The van der Waals surface area contributed by atoms with Crippen molar-refractivity contribution in [2.24, 2.45) is 0 Å². The molecule has 5 heteroatoms. The lowest BCUT2D eigenvalue weighted by atomic mass is 10.2. The van der Waals surface area contributed by atoms with E-state index in [-0.39, 0.29) is 6.42 Å². The predicted molar refractivity (Wildman–Crippen MR) is 59.2 cm³/mol. The fraction of sp³-hybridized carbons (Fsp3) is 0.636. The number of aryl methyl sites for hydroxylation is 2. The van der Waals surface area contributed by atoms with Gasteiger partial charge in [0.25, 0.3) is 0 Å². The molecule has 0 bridgehead atoms. The largest absolute Gasteiger partial charge is 0.481 e. The molecule has 1 rings (SSSR count). The van der Waals surface area contributed by atoms with Gasteiger partial charge in [-0.3, -0.25) is 4.79 Å². The lowest BCUT2D eigenvalue weighted by molar-refractivity contribution is -0.137. The van der Waals surface area contributed by atoms with E-state index < -0.39 is 5.97 Å². The second-order valence-corrected chi connectivity index (χ2v) is 3.83. The number of aromatic nitrogens is 1. The molecule has 16 heavy (non-hydrogen) atoms. The van der Waals surface area contributed by atoms with Gasteiger partial charge in [0.15, 0.2) is 0 Å². The maximum absolute atomic E-state index is 10.3. The molecule has 5 nitrogen and oxygen atoms in total. The van der Waals surface area contributed by atoms with Gasteiger partial charge in [-0.2, -0.15) is 0 Å². The van der Waals surface area contributed by atoms with Crippen molar-refractivity contribution in [3.8, 4) is 0 Å². The molecule has 0 radical (unpaired) electrons. The van der Waals surface area contributed by atoms with Crippen molar-refractivity contribution in [1.82, 2.24) is 10.5 Å². The molecule has 2 N–H and O–H groups in total. The lowest BCUT2D eigenvalue weighted by Crippen LogP contribution is -2.15. The van der Waals surface area contributed by atoms with Crippen molar-refractivity contribution >= 4 is 5.97 Å². The molecule has 0 aliphatic carbocycles. The molecule has 0 fully saturated rings. The molecular formula is C11H18N2O3. The minimum absolute atomic E-state index is 0.243. The molecular weight excluding hydrogens is 208 g/mol. The summed E-state index contributed by atoms with van der Waals surface area (Å²) in [5.74, 6) is 0.112. The van der Waals surface area contributed by atoms with Crippen LogP contribution in [0.15, 0.2) is 4.52 Å². The SMILES string of the molecule is Cc1noc(C)c1CNCCCCC(=O)O. The second kappa shape index (κ2) is 6.27. The van der Waals surface area contributed by atoms with Gasteiger partial charge in [-0.1, -0.05) is 5.16 Å². The zero-order valence-electron chi connectivity index (χ0n) is 9.75. The standard InChI is InChI=1S/C11H18N2O3/c1-8-10(9(2)16-13-8)7-12-6-4-3-5-11(14)15/h12H,3-7H2,1-2H3,(H,14,15). The van der Waals surface area contributed by atoms with Crippen molar-refractivity contribution in [1.29, 1.82) is 0 Å². The number of rotatable bonds is 7. The molecule has 0 spiro atoms. The van der Waals surface area contributed by atoms with E-state index in [1.807, 2.05) is 13.8 Å². The Balaban J connectivity index is 2.14. The molecule has 0 aliphatic heterocycles. The fourth-order valence-corrected chi connectivity index (χ4v) is 1.49. The molecule has 0 aromatic carbocycles. The van der Waals surface area contributed by atoms with Crippen LogP contribution in [0, 0.1) is 13.8 Å². The Labute approximate surface area is 94.8 Å². The van der Waals surface area contributed by atoms with Crippen molar-refractivity contribution < 1.29 is 14.4 Å². The molecule has 1 aromatic rings. The van der Waals surface area contributed by atoms with E-state index in [0.717, 1.165) is 36.5 Å². The van der Waals surface area contributed by atoms with E-state index in [1.165, 1.54) is 0 Å². The third kappa shape index (κ3) is 4.02. The van der Waals surface area contributed by atoms with Crippen LogP contribution in [0.4, 0.5) is 0 Å². The van der Waals surface area contributed by atoms with Gasteiger partial charge in [0.05, 0.1) is 5.69 Å². The summed E-state index contributed by atoms with van der Waals surface area (Å²) in [5, 5.41) is 15.6. The molecule has 90 valence electrons. The number of carboxylic acid groups (broad SMARTS) is 1. The third-order valence-electron chi connectivity index (χ3n) is 2.48. The summed E-state index contributed by atoms with van der Waals surface area (Å²) in [4.78, 5) is 10.3. The molecule has 0 saturated heterocycles. The van der Waals surface area contributed by atoms with Gasteiger partial charge in [-0.05, 0) is 33.2 Å². The van der Waals surface area contributed by atoms with Crippen molar-refractivity contribution in [3.05, 3.63) is 17.0 Å². The first-order chi connectivity index (χ1) is 7.61. The molecule has 0 saturated carbocycles. The number of hydrogen-bond acceptors (Lipinski definition) is 4. The van der Waals surface area contributed by atoms with Crippen LogP contribution in [-0.2, 0) is 11.3 Å². The highest BCUT2D eigenvalue weighted by Crippen LogP contribution is 2.11. The van der Waals surface area contributed by atoms with Gasteiger partial charge in [-0.25, -0.2) is 0 Å². The predicted octanol–water partition coefficient (Wildman–Crippen LogP) is 1.64. The molecule has 0 amide bonds. The van der Waals surface area contributed by atoms with E-state index in [2.05, 4.69) is 10.5 Å². The number of hydrogen-bond donors (Lipinski definition) is 2. The number of nitrogens with zero attached hydrogens (tertiary/aromatic N) is 1. The average Bonchev–Trinajstić information content (AvgIpc) is 2.53. The highest BCUT2D eigenvalue weighted by molar-refractivity contribution is 5.66. The van der Waals surface area contributed by atoms with E-state index in [0.29, 0.717) is 6.42 Å². The van der Waals surface area contributed by atoms with Gasteiger partial charge in [0.1, 0.15) is 5.76 Å². The Bertz CT molecular complexity index is 327. The van der Waals surface area contributed by atoms with E-state index in [4.69, 9.17) is 9.63 Å². The van der Waals surface area contributed by atoms with Gasteiger partial charge < -0.3 is 14.9 Å². The summed E-state index contributed by atoms with van der Waals surface area (Å²) in [5.41, 5.74) is 2.01. The van der Waals surface area contributed by atoms with Gasteiger partial charge in [0.2, 0.25) is 0 Å². The summed E-state index contributed by atoms with van der Waals surface area (Å²) in [6, 6.07) is 0. The van der Waals surface area contributed by atoms with Crippen LogP contribution in [-0.4, -0.2) is 22.8 Å². The Hall–Kier alpha value is -1.36. The monoisotopic (exact) mass is 226 g/mol. The van der Waals surface area contributed by atoms with Crippen LogP contribution in [0.5, 0.6) is 0 Å². The van der Waals surface area contributed by atoms with Gasteiger partial charge in [-0.15, -0.1) is 0 Å². The summed E-state index contributed by atoms with van der Waals surface area (Å²) < 4.78 is 5.04. The molecule has 1 aromatic heterocycles. The highest BCUT2D eigenvalue weighted by atomic mass is 16.5. The van der Waals surface area contributed by atoms with Crippen LogP contribution >= 0.6 is 0 Å². The van der Waals surface area contributed by atoms with E-state index >= 15 is 0 Å². The Morgan fingerprint density at radius 2 is 2.19 bits per heavy atom. The normalized spacial score (nSPS) is 10.6. The smallest absolute Gasteiger partial charge is 0.303 e. The highest BCUT2D eigenvalue weighted by Gasteiger charge is 2.07. The van der Waals surface area contributed by atoms with Crippen LogP contribution < -0.4 is 5.32 Å². The van der Waals surface area contributed by atoms with Crippen molar-refractivity contribution in [2.45, 2.75) is 39.7 Å². The quantitative estimate of drug-likeness (QED) is 0.691. The first-order valence-electron chi connectivity index (χ1n) is 5.45. The fourth-order valence-electron chi connectivity index (χ4n) is 1.49. The molecule has 0 unspecified atom stereocenters. The molecule has 0 atom stereocenters. The van der Waals surface area contributed by atoms with Crippen LogP contribution in [0.25, 0.3) is 0 Å². The summed E-state index contributed by atoms with van der Waals surface area (Å²) in [7, 11) is 0. The van der Waals surface area contributed by atoms with Gasteiger partial charge >= 0.3 is 5.97 Å². The second-order valence-electron chi connectivity index (χ2n) is 3.83. The van der Waals surface area contributed by atoms with Crippen molar-refractivity contribution in [3.63, 3.8) is 0 Å². The Kier molecular flexibility index (Phi) is 4.98. The van der Waals surface area contributed by atoms with Crippen LogP contribution in [0.2, 0.25) is 0 Å². The number of carbonyl (C=O) groups is 1. The zero-order chi connectivity index (χ0) is 12.0.